The van der Waals surface area contributed by atoms with Gasteiger partial charge in [0.05, 0.1) is 12.2 Å². The average Bonchev–Trinajstić information content (AvgIpc) is 2.61. The summed E-state index contributed by atoms with van der Waals surface area (Å²) in [5.41, 5.74) is 0. The Morgan fingerprint density at radius 2 is 1.04 bits per heavy atom. The van der Waals surface area contributed by atoms with E-state index in [1.165, 1.54) is 7.11 Å². The molecule has 0 amide bonds. The fourth-order valence-corrected chi connectivity index (χ4v) is 3.80. The first-order valence-electron chi connectivity index (χ1n) is 8.71. The third-order valence-electron chi connectivity index (χ3n) is 5.12. The molecule has 2 heterocycles. The van der Waals surface area contributed by atoms with Crippen LogP contribution in [0.15, 0.2) is 0 Å². The van der Waals surface area contributed by atoms with E-state index in [1.54, 1.807) is 35.4 Å². The lowest BCUT2D eigenvalue weighted by Gasteiger charge is -2.48. The standard InChI is InChI=1S/C17H32O9/c1-8-11(20-4)13(14(22-6)16(18)24-8)26-17-15(23-7)12(21-5)10(19-3)9(2)25-17/h8-18H,1-7H3. The highest BCUT2D eigenvalue weighted by Gasteiger charge is 2.51. The third kappa shape index (κ3) is 4.21. The SMILES string of the molecule is COC1C(C)OC(O)C(OC)C1OC1OC(C)C(OC)C(OC)C1OC. The van der Waals surface area contributed by atoms with E-state index in [0.717, 1.165) is 0 Å². The maximum Gasteiger partial charge on any atom is 0.187 e. The molecule has 0 aromatic carbocycles. The summed E-state index contributed by atoms with van der Waals surface area (Å²) in [5, 5.41) is 10.2. The van der Waals surface area contributed by atoms with Crippen LogP contribution >= 0.6 is 0 Å². The third-order valence-corrected chi connectivity index (χ3v) is 5.12. The number of aliphatic hydroxyl groups is 1. The fourth-order valence-electron chi connectivity index (χ4n) is 3.80. The van der Waals surface area contributed by atoms with Crippen molar-refractivity contribution in [2.24, 2.45) is 0 Å². The Kier molecular flexibility index (Phi) is 8.20. The molecule has 2 saturated heterocycles. The summed E-state index contributed by atoms with van der Waals surface area (Å²) in [6.45, 7) is 3.68. The minimum absolute atomic E-state index is 0.287. The number of hydrogen-bond donors (Lipinski definition) is 1. The second-order valence-electron chi connectivity index (χ2n) is 6.54. The molecule has 154 valence electrons. The fraction of sp³-hybridized carbons (Fsp3) is 1.00. The molecule has 1 N–H and O–H groups in total. The zero-order chi connectivity index (χ0) is 19.4. The molecular formula is C17H32O9. The molecule has 10 atom stereocenters. The Morgan fingerprint density at radius 3 is 1.54 bits per heavy atom. The van der Waals surface area contributed by atoms with Crippen LogP contribution in [-0.2, 0) is 37.9 Å². The van der Waals surface area contributed by atoms with Crippen molar-refractivity contribution in [3.63, 3.8) is 0 Å². The molecule has 26 heavy (non-hydrogen) atoms. The van der Waals surface area contributed by atoms with Crippen LogP contribution in [0.4, 0.5) is 0 Å². The first-order valence-corrected chi connectivity index (χ1v) is 8.71. The van der Waals surface area contributed by atoms with Gasteiger partial charge in [-0.15, -0.1) is 0 Å². The van der Waals surface area contributed by atoms with Crippen LogP contribution in [0.5, 0.6) is 0 Å². The van der Waals surface area contributed by atoms with Gasteiger partial charge in [0, 0.05) is 35.5 Å². The van der Waals surface area contributed by atoms with Gasteiger partial charge in [-0.2, -0.15) is 0 Å². The van der Waals surface area contributed by atoms with Gasteiger partial charge in [-0.1, -0.05) is 0 Å². The van der Waals surface area contributed by atoms with Crippen molar-refractivity contribution in [3.05, 3.63) is 0 Å². The zero-order valence-electron chi connectivity index (χ0n) is 16.5. The molecule has 9 nitrogen and oxygen atoms in total. The smallest absolute Gasteiger partial charge is 0.187 e. The van der Waals surface area contributed by atoms with Gasteiger partial charge in [0.2, 0.25) is 0 Å². The summed E-state index contributed by atoms with van der Waals surface area (Å²) in [5.74, 6) is 0. The van der Waals surface area contributed by atoms with Gasteiger partial charge in [-0.3, -0.25) is 0 Å². The minimum atomic E-state index is -1.14. The molecule has 0 bridgehead atoms. The molecule has 0 saturated carbocycles. The lowest BCUT2D eigenvalue weighted by Crippen LogP contribution is -2.64. The van der Waals surface area contributed by atoms with Crippen LogP contribution in [0.1, 0.15) is 13.8 Å². The van der Waals surface area contributed by atoms with E-state index in [-0.39, 0.29) is 18.3 Å². The highest BCUT2D eigenvalue weighted by Crippen LogP contribution is 2.32. The van der Waals surface area contributed by atoms with Gasteiger partial charge < -0.3 is 43.0 Å². The summed E-state index contributed by atoms with van der Waals surface area (Å²) in [6, 6.07) is 0. The van der Waals surface area contributed by atoms with Crippen LogP contribution in [0.25, 0.3) is 0 Å². The first kappa shape index (κ1) is 21.9. The number of ether oxygens (including phenoxy) is 8. The number of hydrogen-bond acceptors (Lipinski definition) is 9. The van der Waals surface area contributed by atoms with E-state index in [4.69, 9.17) is 37.9 Å². The van der Waals surface area contributed by atoms with E-state index in [2.05, 4.69) is 0 Å². The molecule has 0 spiro atoms. The molecule has 0 aromatic heterocycles. The average molecular weight is 380 g/mol. The zero-order valence-corrected chi connectivity index (χ0v) is 16.5. The summed E-state index contributed by atoms with van der Waals surface area (Å²) < 4.78 is 45.3. The minimum Gasteiger partial charge on any atom is -0.376 e. The van der Waals surface area contributed by atoms with Gasteiger partial charge in [0.25, 0.3) is 0 Å². The van der Waals surface area contributed by atoms with Crippen molar-refractivity contribution >= 4 is 0 Å². The molecule has 2 fully saturated rings. The molecule has 10 unspecified atom stereocenters. The summed E-state index contributed by atoms with van der Waals surface area (Å²) in [7, 11) is 7.79. The van der Waals surface area contributed by atoms with Crippen LogP contribution < -0.4 is 0 Å². The maximum atomic E-state index is 10.2. The Hall–Kier alpha value is -0.360. The molecule has 9 heteroatoms. The highest BCUT2D eigenvalue weighted by molar-refractivity contribution is 4.94. The predicted octanol–water partition coefficient (Wildman–Crippen LogP) is -0.0715. The molecule has 2 aliphatic heterocycles. The predicted molar refractivity (Wildman–Crippen MR) is 89.7 cm³/mol. The largest absolute Gasteiger partial charge is 0.376 e. The Bertz CT molecular complexity index is 407. The molecule has 2 aliphatic rings. The van der Waals surface area contributed by atoms with Crippen molar-refractivity contribution in [1.82, 2.24) is 0 Å². The molecule has 0 aromatic rings. The van der Waals surface area contributed by atoms with Gasteiger partial charge >= 0.3 is 0 Å². The van der Waals surface area contributed by atoms with Crippen molar-refractivity contribution < 1.29 is 43.0 Å². The van der Waals surface area contributed by atoms with Crippen LogP contribution in [-0.4, -0.2) is 102 Å². The monoisotopic (exact) mass is 380 g/mol. The number of rotatable bonds is 7. The normalized spacial score (nSPS) is 47.1. The van der Waals surface area contributed by atoms with Crippen molar-refractivity contribution in [1.29, 1.82) is 0 Å². The first-order chi connectivity index (χ1) is 12.4. The van der Waals surface area contributed by atoms with Gasteiger partial charge in [-0.25, -0.2) is 0 Å². The summed E-state index contributed by atoms with van der Waals surface area (Å²) in [4.78, 5) is 0. The maximum absolute atomic E-state index is 10.2. The summed E-state index contributed by atoms with van der Waals surface area (Å²) >= 11 is 0. The van der Waals surface area contributed by atoms with Crippen molar-refractivity contribution in [3.8, 4) is 0 Å². The topological polar surface area (TPSA) is 94.1 Å². The second-order valence-corrected chi connectivity index (χ2v) is 6.54. The summed E-state index contributed by atoms with van der Waals surface area (Å²) in [6.07, 6.45) is -5.63. The molecular weight excluding hydrogens is 348 g/mol. The van der Waals surface area contributed by atoms with Crippen molar-refractivity contribution in [2.45, 2.75) is 75.3 Å². The Balaban J connectivity index is 2.24. The highest BCUT2D eigenvalue weighted by atomic mass is 16.7. The van der Waals surface area contributed by atoms with E-state index in [9.17, 15) is 5.11 Å². The lowest BCUT2D eigenvalue weighted by atomic mass is 9.97. The molecule has 2 rings (SSSR count). The van der Waals surface area contributed by atoms with E-state index >= 15 is 0 Å². The Morgan fingerprint density at radius 1 is 0.577 bits per heavy atom. The van der Waals surface area contributed by atoms with Gasteiger partial charge in [0.1, 0.15) is 36.6 Å². The van der Waals surface area contributed by atoms with Crippen LogP contribution in [0.3, 0.4) is 0 Å². The molecule has 0 radical (unpaired) electrons. The van der Waals surface area contributed by atoms with Crippen molar-refractivity contribution in [2.75, 3.05) is 35.5 Å². The van der Waals surface area contributed by atoms with Gasteiger partial charge in [-0.05, 0) is 13.8 Å². The lowest BCUT2D eigenvalue weighted by molar-refractivity contribution is -0.358. The van der Waals surface area contributed by atoms with E-state index in [0.29, 0.717) is 0 Å². The van der Waals surface area contributed by atoms with E-state index < -0.39 is 43.1 Å². The van der Waals surface area contributed by atoms with Crippen LogP contribution in [0.2, 0.25) is 0 Å². The second kappa shape index (κ2) is 9.72. The number of aliphatic hydroxyl groups excluding tert-OH is 1. The number of methoxy groups -OCH3 is 5. The quantitative estimate of drug-likeness (QED) is 0.651. The van der Waals surface area contributed by atoms with Crippen LogP contribution in [0, 0.1) is 0 Å². The Labute approximate surface area is 154 Å². The molecule has 0 aliphatic carbocycles. The van der Waals surface area contributed by atoms with Gasteiger partial charge in [0.15, 0.2) is 12.6 Å². The van der Waals surface area contributed by atoms with E-state index in [1.807, 2.05) is 6.92 Å².